The molecule has 132 valence electrons. The third-order valence-electron chi connectivity index (χ3n) is 3.68. The van der Waals surface area contributed by atoms with Crippen molar-refractivity contribution in [3.63, 3.8) is 0 Å². The minimum Gasteiger partial charge on any atom is -0.489 e. The van der Waals surface area contributed by atoms with Crippen LogP contribution in [0.4, 0.5) is 5.69 Å². The lowest BCUT2D eigenvalue weighted by Gasteiger charge is -2.15. The number of carbonyl (C=O) groups excluding carboxylic acids is 1. The third kappa shape index (κ3) is 4.32. The lowest BCUT2D eigenvalue weighted by Crippen LogP contribution is -2.18. The Balaban J connectivity index is 1.72. The molecule has 25 heavy (non-hydrogen) atoms. The van der Waals surface area contributed by atoms with Gasteiger partial charge in [-0.3, -0.25) is 4.79 Å². The number of carboxylic acid groups (broad SMARTS) is 1. The Morgan fingerprint density at radius 2 is 2.08 bits per heavy atom. The minimum atomic E-state index is -1.25. The first-order valence-corrected chi connectivity index (χ1v) is 8.09. The average molecular weight is 366 g/mol. The Hall–Kier alpha value is -2.51. The van der Waals surface area contributed by atoms with Gasteiger partial charge in [0.1, 0.15) is 12.4 Å². The van der Waals surface area contributed by atoms with E-state index in [0.717, 1.165) is 19.4 Å². The fraction of sp³-hybridized carbons (Fsp3) is 0.294. The Morgan fingerprint density at radius 3 is 2.76 bits per heavy atom. The summed E-state index contributed by atoms with van der Waals surface area (Å²) < 4.78 is 16.2. The second kappa shape index (κ2) is 7.58. The van der Waals surface area contributed by atoms with Crippen molar-refractivity contribution >= 4 is 29.2 Å². The van der Waals surface area contributed by atoms with Crippen LogP contribution in [0.1, 0.15) is 34.0 Å². The number of nitrogens with one attached hydrogen (secondary N) is 1. The first-order chi connectivity index (χ1) is 12.0. The predicted octanol–water partition coefficient (Wildman–Crippen LogP) is 3.44. The van der Waals surface area contributed by atoms with Gasteiger partial charge in [-0.1, -0.05) is 11.6 Å². The fourth-order valence-corrected chi connectivity index (χ4v) is 2.62. The fourth-order valence-electron chi connectivity index (χ4n) is 2.44. The number of furan rings is 1. The van der Waals surface area contributed by atoms with E-state index in [1.54, 1.807) is 18.2 Å². The largest absolute Gasteiger partial charge is 0.489 e. The molecule has 3 rings (SSSR count). The highest BCUT2D eigenvalue weighted by Gasteiger charge is 2.19. The van der Waals surface area contributed by atoms with E-state index in [-0.39, 0.29) is 17.6 Å². The highest BCUT2D eigenvalue weighted by Crippen LogP contribution is 2.29. The van der Waals surface area contributed by atoms with Crippen LogP contribution in [0.3, 0.4) is 0 Å². The number of hydrogen-bond donors (Lipinski definition) is 2. The van der Waals surface area contributed by atoms with Gasteiger partial charge in [-0.05, 0) is 43.2 Å². The molecule has 7 nitrogen and oxygen atoms in total. The van der Waals surface area contributed by atoms with Gasteiger partial charge in [0.25, 0.3) is 5.91 Å². The number of hydrogen-bond acceptors (Lipinski definition) is 5. The number of benzene rings is 1. The van der Waals surface area contributed by atoms with Crippen molar-refractivity contribution in [1.82, 2.24) is 0 Å². The Morgan fingerprint density at radius 1 is 1.28 bits per heavy atom. The number of halogens is 1. The number of anilines is 1. The van der Waals surface area contributed by atoms with Crippen LogP contribution >= 0.6 is 11.6 Å². The van der Waals surface area contributed by atoms with Gasteiger partial charge in [-0.25, -0.2) is 4.79 Å². The molecule has 1 unspecified atom stereocenters. The lowest BCUT2D eigenvalue weighted by atomic mass is 10.2. The summed E-state index contributed by atoms with van der Waals surface area (Å²) in [6.45, 7) is 1.09. The summed E-state index contributed by atoms with van der Waals surface area (Å²) in [6.07, 6.45) is 1.96. The van der Waals surface area contributed by atoms with E-state index >= 15 is 0 Å². The molecule has 1 saturated heterocycles. The summed E-state index contributed by atoms with van der Waals surface area (Å²) in [5.74, 6) is -1.84. The molecular weight excluding hydrogens is 350 g/mol. The van der Waals surface area contributed by atoms with E-state index in [4.69, 9.17) is 30.6 Å². The topological polar surface area (TPSA) is 98.0 Å². The van der Waals surface area contributed by atoms with E-state index in [1.165, 1.54) is 12.1 Å². The highest BCUT2D eigenvalue weighted by molar-refractivity contribution is 6.31. The molecule has 2 aromatic rings. The quantitative estimate of drug-likeness (QED) is 0.813. The molecule has 1 aliphatic heterocycles. The number of carboxylic acids is 1. The normalized spacial score (nSPS) is 16.6. The van der Waals surface area contributed by atoms with E-state index in [1.807, 2.05) is 0 Å². The molecule has 1 aromatic heterocycles. The number of rotatable bonds is 6. The molecular formula is C17H16ClNO6. The molecule has 0 spiro atoms. The van der Waals surface area contributed by atoms with Crippen LogP contribution in [0.15, 0.2) is 34.7 Å². The van der Waals surface area contributed by atoms with E-state index in [9.17, 15) is 9.59 Å². The van der Waals surface area contributed by atoms with Crippen LogP contribution in [0, 0.1) is 0 Å². The van der Waals surface area contributed by atoms with E-state index in [2.05, 4.69) is 5.32 Å². The van der Waals surface area contributed by atoms with Gasteiger partial charge in [0.2, 0.25) is 5.76 Å². The Bertz CT molecular complexity index is 781. The molecule has 0 radical (unpaired) electrons. The average Bonchev–Trinajstić information content (AvgIpc) is 3.26. The second-order valence-electron chi connectivity index (χ2n) is 5.51. The number of carbonyl (C=O) groups is 2. The van der Waals surface area contributed by atoms with Gasteiger partial charge in [-0.15, -0.1) is 0 Å². The van der Waals surface area contributed by atoms with Gasteiger partial charge in [0, 0.05) is 11.6 Å². The summed E-state index contributed by atoms with van der Waals surface area (Å²) in [5, 5.41) is 11.9. The first kappa shape index (κ1) is 17.3. The van der Waals surface area contributed by atoms with E-state index < -0.39 is 11.9 Å². The molecule has 2 heterocycles. The number of ether oxygens (including phenoxy) is 2. The van der Waals surface area contributed by atoms with Crippen molar-refractivity contribution in [2.24, 2.45) is 0 Å². The van der Waals surface area contributed by atoms with Crippen LogP contribution in [-0.2, 0) is 4.74 Å². The van der Waals surface area contributed by atoms with Crippen molar-refractivity contribution in [3.8, 4) is 5.75 Å². The van der Waals surface area contributed by atoms with E-state index in [0.29, 0.717) is 23.1 Å². The van der Waals surface area contributed by atoms with Gasteiger partial charge >= 0.3 is 5.97 Å². The van der Waals surface area contributed by atoms with Crippen molar-refractivity contribution < 1.29 is 28.6 Å². The summed E-state index contributed by atoms with van der Waals surface area (Å²) in [4.78, 5) is 23.1. The van der Waals surface area contributed by atoms with Gasteiger partial charge in [-0.2, -0.15) is 0 Å². The highest BCUT2D eigenvalue weighted by atomic mass is 35.5. The molecule has 0 aliphatic carbocycles. The molecule has 1 amide bonds. The van der Waals surface area contributed by atoms with Crippen LogP contribution in [0.25, 0.3) is 0 Å². The van der Waals surface area contributed by atoms with Crippen LogP contribution in [-0.4, -0.2) is 36.3 Å². The maximum absolute atomic E-state index is 12.3. The van der Waals surface area contributed by atoms with Crippen molar-refractivity contribution in [3.05, 3.63) is 46.9 Å². The molecule has 8 heteroatoms. The Kier molecular flexibility index (Phi) is 5.25. The predicted molar refractivity (Wildman–Crippen MR) is 89.5 cm³/mol. The smallest absolute Gasteiger partial charge is 0.371 e. The third-order valence-corrected chi connectivity index (χ3v) is 3.91. The van der Waals surface area contributed by atoms with Crippen LogP contribution in [0.5, 0.6) is 5.75 Å². The lowest BCUT2D eigenvalue weighted by molar-refractivity contribution is 0.0660. The number of aromatic carboxylic acids is 1. The van der Waals surface area contributed by atoms with Crippen molar-refractivity contribution in [2.45, 2.75) is 18.9 Å². The summed E-state index contributed by atoms with van der Waals surface area (Å²) in [7, 11) is 0. The molecule has 1 aliphatic rings. The first-order valence-electron chi connectivity index (χ1n) is 7.71. The van der Waals surface area contributed by atoms with Crippen LogP contribution < -0.4 is 10.1 Å². The second-order valence-corrected chi connectivity index (χ2v) is 5.95. The molecule has 2 N–H and O–H groups in total. The van der Waals surface area contributed by atoms with Gasteiger partial charge < -0.3 is 24.3 Å². The molecule has 1 aromatic carbocycles. The van der Waals surface area contributed by atoms with Gasteiger partial charge in [0.05, 0.1) is 11.8 Å². The molecule has 0 bridgehead atoms. The Labute approximate surface area is 148 Å². The van der Waals surface area contributed by atoms with Gasteiger partial charge in [0.15, 0.2) is 5.76 Å². The SMILES string of the molecule is O=C(O)c1ccc(C(=O)Nc2cc(Cl)ccc2OCC2CCCO2)o1. The maximum Gasteiger partial charge on any atom is 0.371 e. The summed E-state index contributed by atoms with van der Waals surface area (Å²) in [5.41, 5.74) is 0.365. The zero-order valence-corrected chi connectivity index (χ0v) is 13.9. The minimum absolute atomic E-state index is 0.0300. The molecule has 0 saturated carbocycles. The van der Waals surface area contributed by atoms with Crippen LogP contribution in [0.2, 0.25) is 5.02 Å². The monoisotopic (exact) mass is 365 g/mol. The number of amides is 1. The molecule has 1 fully saturated rings. The van der Waals surface area contributed by atoms with Crippen molar-refractivity contribution in [1.29, 1.82) is 0 Å². The maximum atomic E-state index is 12.3. The standard InChI is InChI=1S/C17H16ClNO6/c18-10-3-4-13(24-9-11-2-1-7-23-11)12(8-10)19-16(20)14-5-6-15(25-14)17(21)22/h3-6,8,11H,1-2,7,9H2,(H,19,20)(H,21,22). The zero-order chi connectivity index (χ0) is 17.8. The zero-order valence-electron chi connectivity index (χ0n) is 13.2. The molecule has 1 atom stereocenters. The van der Waals surface area contributed by atoms with Crippen molar-refractivity contribution in [2.75, 3.05) is 18.5 Å². The summed E-state index contributed by atoms with van der Waals surface area (Å²) >= 11 is 5.99. The summed E-state index contributed by atoms with van der Waals surface area (Å²) in [6, 6.07) is 7.35.